The Labute approximate surface area is 68.4 Å². The van der Waals surface area contributed by atoms with Crippen LogP contribution in [-0.2, 0) is 20.3 Å². The first-order valence-corrected chi connectivity index (χ1v) is 12.5. The van der Waals surface area contributed by atoms with Gasteiger partial charge in [-0.05, 0) is 0 Å². The van der Waals surface area contributed by atoms with Crippen LogP contribution < -0.4 is 0 Å². The van der Waals surface area contributed by atoms with E-state index in [1.54, 1.807) is 8.85 Å². The van der Waals surface area contributed by atoms with Crippen molar-refractivity contribution in [1.29, 1.82) is 0 Å². The second-order valence-electron chi connectivity index (χ2n) is 4.02. The van der Waals surface area contributed by atoms with Gasteiger partial charge in [-0.3, -0.25) is 0 Å². The van der Waals surface area contributed by atoms with E-state index in [1.807, 2.05) is 0 Å². The van der Waals surface area contributed by atoms with Crippen molar-refractivity contribution >= 4 is 0 Å². The molecule has 0 spiro atoms. The van der Waals surface area contributed by atoms with E-state index in [-0.39, 0.29) is 0 Å². The van der Waals surface area contributed by atoms with Gasteiger partial charge in [-0.1, -0.05) is 0 Å². The van der Waals surface area contributed by atoms with Gasteiger partial charge in [0.1, 0.15) is 0 Å². The first-order chi connectivity index (χ1) is 4.52. The predicted octanol–water partition coefficient (Wildman–Crippen LogP) is 3.52. The second kappa shape index (κ2) is 2.77. The maximum absolute atomic E-state index is 2.49. The summed E-state index contributed by atoms with van der Waals surface area (Å²) in [6, 6.07) is 0. The van der Waals surface area contributed by atoms with Gasteiger partial charge >= 0.3 is 68.5 Å². The molecule has 0 bridgehead atoms. The monoisotopic (exact) mass is 214 g/mol. The Morgan fingerprint density at radius 1 is 1.30 bits per heavy atom. The fourth-order valence-corrected chi connectivity index (χ4v) is 6.42. The Hall–Kier alpha value is 0.363. The molecule has 0 unspecified atom stereocenters. The molecule has 0 heterocycles. The van der Waals surface area contributed by atoms with Crippen molar-refractivity contribution in [2.45, 2.75) is 27.2 Å². The summed E-state index contributed by atoms with van der Waals surface area (Å²) < 4.78 is 9.26. The molecular formula is C9H16Zr. The van der Waals surface area contributed by atoms with Gasteiger partial charge in [-0.2, -0.15) is 0 Å². The Kier molecular flexibility index (Phi) is 2.35. The van der Waals surface area contributed by atoms with Gasteiger partial charge in [-0.25, -0.2) is 0 Å². The van der Waals surface area contributed by atoms with E-state index in [2.05, 4.69) is 33.0 Å². The summed E-state index contributed by atoms with van der Waals surface area (Å²) in [5.74, 6) is 0. The Morgan fingerprint density at radius 3 is 2.10 bits per heavy atom. The van der Waals surface area contributed by atoms with E-state index >= 15 is 0 Å². The number of hydrogen-bond acceptors (Lipinski definition) is 0. The van der Waals surface area contributed by atoms with Crippen molar-refractivity contribution in [2.75, 3.05) is 0 Å². The summed E-state index contributed by atoms with van der Waals surface area (Å²) in [6.07, 6.45) is 5.83. The molecule has 1 aliphatic rings. The van der Waals surface area contributed by atoms with E-state index in [0.717, 1.165) is 0 Å². The summed E-state index contributed by atoms with van der Waals surface area (Å²) in [7, 11) is 0. The van der Waals surface area contributed by atoms with Crippen LogP contribution in [0.5, 0.6) is 0 Å². The Morgan fingerprint density at radius 2 is 1.90 bits per heavy atom. The molecule has 0 aliphatic heterocycles. The van der Waals surface area contributed by atoms with Crippen molar-refractivity contribution in [1.82, 2.24) is 0 Å². The summed E-state index contributed by atoms with van der Waals surface area (Å²) in [6.45, 7) is 2.25. The molecule has 0 radical (unpaired) electrons. The summed E-state index contributed by atoms with van der Waals surface area (Å²) in [4.78, 5) is 0. The third-order valence-electron chi connectivity index (χ3n) is 2.07. The summed E-state index contributed by atoms with van der Waals surface area (Å²) >= 11 is -1.66. The first-order valence-electron chi connectivity index (χ1n) is 3.88. The molecular weight excluding hydrogens is 199 g/mol. The average molecular weight is 215 g/mol. The zero-order valence-corrected chi connectivity index (χ0v) is 9.82. The van der Waals surface area contributed by atoms with Crippen molar-refractivity contribution in [3.8, 4) is 0 Å². The van der Waals surface area contributed by atoms with Gasteiger partial charge in [0.05, 0.1) is 0 Å². The topological polar surface area (TPSA) is 0 Å². The fourth-order valence-electron chi connectivity index (χ4n) is 1.51. The molecule has 0 aromatic rings. The molecule has 0 saturated carbocycles. The van der Waals surface area contributed by atoms with Crippen LogP contribution in [0.1, 0.15) is 13.3 Å². The van der Waals surface area contributed by atoms with E-state index in [1.165, 1.54) is 6.42 Å². The van der Waals surface area contributed by atoms with Gasteiger partial charge in [0.2, 0.25) is 0 Å². The minimum atomic E-state index is -1.66. The SMILES string of the molecule is CC1=[C]([Zr]([CH3])([CH3])[CH3])CC=C1. The van der Waals surface area contributed by atoms with Crippen molar-refractivity contribution < 1.29 is 20.3 Å². The van der Waals surface area contributed by atoms with Gasteiger partial charge in [0.15, 0.2) is 0 Å². The molecule has 10 heavy (non-hydrogen) atoms. The van der Waals surface area contributed by atoms with Crippen LogP contribution in [0.3, 0.4) is 0 Å². The van der Waals surface area contributed by atoms with E-state index in [9.17, 15) is 0 Å². The number of allylic oxidation sites excluding steroid dienone is 4. The standard InChI is InChI=1S/C6H7.3CH3.Zr/c1-6-4-2-3-5-6;;;;/h2,4H,3H2,1H3;3*1H3;. The summed E-state index contributed by atoms with van der Waals surface area (Å²) in [5.41, 5.74) is 1.56. The molecule has 1 heteroatoms. The van der Waals surface area contributed by atoms with Gasteiger partial charge in [-0.15, -0.1) is 0 Å². The molecule has 0 aromatic heterocycles. The first kappa shape index (κ1) is 8.46. The van der Waals surface area contributed by atoms with Crippen molar-refractivity contribution in [3.05, 3.63) is 21.0 Å². The maximum atomic E-state index is 2.49. The Bertz CT molecular complexity index is 191. The van der Waals surface area contributed by atoms with Gasteiger partial charge < -0.3 is 0 Å². The molecule has 0 saturated heterocycles. The second-order valence-corrected chi connectivity index (χ2v) is 16.6. The van der Waals surface area contributed by atoms with Crippen LogP contribution in [0.2, 0.25) is 13.9 Å². The van der Waals surface area contributed by atoms with Crippen LogP contribution in [0, 0.1) is 0 Å². The zero-order chi connectivity index (χ0) is 7.78. The molecule has 0 amide bonds. The average Bonchev–Trinajstić information content (AvgIpc) is 2.11. The van der Waals surface area contributed by atoms with Crippen molar-refractivity contribution in [3.63, 3.8) is 0 Å². The van der Waals surface area contributed by atoms with Crippen molar-refractivity contribution in [2.24, 2.45) is 0 Å². The van der Waals surface area contributed by atoms with Gasteiger partial charge in [0.25, 0.3) is 0 Å². The number of rotatable bonds is 1. The van der Waals surface area contributed by atoms with E-state index < -0.39 is 20.3 Å². The zero-order valence-electron chi connectivity index (χ0n) is 7.36. The summed E-state index contributed by atoms with van der Waals surface area (Å²) in [5, 5.41) is 0. The number of hydrogen-bond donors (Lipinski definition) is 0. The third-order valence-corrected chi connectivity index (χ3v) is 7.99. The molecule has 0 nitrogen and oxygen atoms in total. The van der Waals surface area contributed by atoms with E-state index in [4.69, 9.17) is 0 Å². The predicted molar refractivity (Wildman–Crippen MR) is 44.0 cm³/mol. The van der Waals surface area contributed by atoms with Crippen LogP contribution in [0.15, 0.2) is 21.0 Å². The normalized spacial score (nSPS) is 18.8. The van der Waals surface area contributed by atoms with Crippen LogP contribution >= 0.6 is 0 Å². The van der Waals surface area contributed by atoms with Crippen LogP contribution in [0.4, 0.5) is 0 Å². The molecule has 1 rings (SSSR count). The fraction of sp³-hybridized carbons (Fsp3) is 0.556. The molecule has 0 N–H and O–H groups in total. The third kappa shape index (κ3) is 1.69. The molecule has 0 atom stereocenters. The molecule has 56 valence electrons. The van der Waals surface area contributed by atoms with Crippen LogP contribution in [0.25, 0.3) is 0 Å². The van der Waals surface area contributed by atoms with Crippen LogP contribution in [-0.4, -0.2) is 0 Å². The molecule has 0 fully saturated rings. The quantitative estimate of drug-likeness (QED) is 0.628. The molecule has 0 aromatic carbocycles. The van der Waals surface area contributed by atoms with E-state index in [0.29, 0.717) is 0 Å². The molecule has 1 aliphatic carbocycles. The Balaban J connectivity index is 2.86. The minimum absolute atomic E-state index is 1.26. The van der Waals surface area contributed by atoms with Gasteiger partial charge in [0, 0.05) is 0 Å².